The molecule has 0 spiro atoms. The number of aryl methyl sites for hydroxylation is 1. The van der Waals surface area contributed by atoms with Gasteiger partial charge in [0, 0.05) is 16.8 Å². The summed E-state index contributed by atoms with van der Waals surface area (Å²) in [5.41, 5.74) is 2.29. The number of halogens is 1. The lowest BCUT2D eigenvalue weighted by atomic mass is 9.93. The first kappa shape index (κ1) is 8.89. The van der Waals surface area contributed by atoms with E-state index in [-0.39, 0.29) is 0 Å². The molecule has 1 aliphatic carbocycles. The van der Waals surface area contributed by atoms with Gasteiger partial charge in [0.15, 0.2) is 0 Å². The molecule has 0 aromatic heterocycles. The Hall–Kier alpha value is -0.690. The Bertz CT molecular complexity index is 305. The fourth-order valence-corrected chi connectivity index (χ4v) is 1.65. The van der Waals surface area contributed by atoms with Crippen LogP contribution in [0.5, 0.6) is 0 Å². The van der Waals surface area contributed by atoms with Gasteiger partial charge < -0.3 is 5.32 Å². The van der Waals surface area contributed by atoms with Gasteiger partial charge in [-0.3, -0.25) is 0 Å². The summed E-state index contributed by atoms with van der Waals surface area (Å²) in [5.74, 6) is 0. The van der Waals surface area contributed by atoms with Gasteiger partial charge in [-0.2, -0.15) is 0 Å². The highest BCUT2D eigenvalue weighted by Crippen LogP contribution is 2.25. The lowest BCUT2D eigenvalue weighted by Gasteiger charge is -2.27. The molecule has 1 aliphatic rings. The van der Waals surface area contributed by atoms with Gasteiger partial charge in [-0.25, -0.2) is 0 Å². The number of anilines is 1. The maximum atomic E-state index is 6.02. The summed E-state index contributed by atoms with van der Waals surface area (Å²) in [5, 5.41) is 4.31. The van der Waals surface area contributed by atoms with Crippen LogP contribution in [-0.2, 0) is 0 Å². The summed E-state index contributed by atoms with van der Waals surface area (Å²) in [6.07, 6.45) is 3.95. The molecule has 2 rings (SSSR count). The largest absolute Gasteiger partial charge is 0.382 e. The highest BCUT2D eigenvalue weighted by molar-refractivity contribution is 6.31. The van der Waals surface area contributed by atoms with Crippen molar-refractivity contribution in [2.45, 2.75) is 32.2 Å². The number of rotatable bonds is 2. The van der Waals surface area contributed by atoms with Crippen LogP contribution >= 0.6 is 11.6 Å². The molecular weight excluding hydrogens is 182 g/mol. The van der Waals surface area contributed by atoms with Crippen molar-refractivity contribution < 1.29 is 0 Å². The van der Waals surface area contributed by atoms with Gasteiger partial charge in [-0.1, -0.05) is 17.7 Å². The minimum absolute atomic E-state index is 0.679. The Morgan fingerprint density at radius 2 is 2.15 bits per heavy atom. The van der Waals surface area contributed by atoms with Gasteiger partial charge in [0.2, 0.25) is 0 Å². The molecular formula is C11H14ClN. The molecule has 0 bridgehead atoms. The van der Waals surface area contributed by atoms with Crippen molar-refractivity contribution in [1.82, 2.24) is 0 Å². The van der Waals surface area contributed by atoms with Crippen LogP contribution in [0.3, 0.4) is 0 Å². The third kappa shape index (κ3) is 1.97. The lowest BCUT2D eigenvalue weighted by molar-refractivity contribution is 0.445. The maximum absolute atomic E-state index is 6.02. The Balaban J connectivity index is 2.07. The monoisotopic (exact) mass is 195 g/mol. The average Bonchev–Trinajstić information content (AvgIpc) is 2.04. The van der Waals surface area contributed by atoms with Gasteiger partial charge in [-0.15, -0.1) is 0 Å². The topological polar surface area (TPSA) is 12.0 Å². The third-order valence-corrected chi connectivity index (χ3v) is 3.05. The van der Waals surface area contributed by atoms with Crippen LogP contribution < -0.4 is 5.32 Å². The van der Waals surface area contributed by atoms with Crippen LogP contribution in [0.25, 0.3) is 0 Å². The molecule has 1 aromatic carbocycles. The molecule has 1 N–H and O–H groups in total. The molecule has 1 aromatic rings. The van der Waals surface area contributed by atoms with Crippen molar-refractivity contribution >= 4 is 17.3 Å². The lowest BCUT2D eigenvalue weighted by Crippen LogP contribution is -2.26. The third-order valence-electron chi connectivity index (χ3n) is 2.65. The second kappa shape index (κ2) is 3.59. The minimum atomic E-state index is 0.679. The van der Waals surface area contributed by atoms with Gasteiger partial charge >= 0.3 is 0 Å². The second-order valence-electron chi connectivity index (χ2n) is 3.74. The van der Waals surface area contributed by atoms with Crippen LogP contribution in [0.1, 0.15) is 24.8 Å². The fourth-order valence-electron chi connectivity index (χ4n) is 1.47. The summed E-state index contributed by atoms with van der Waals surface area (Å²) in [6, 6.07) is 6.84. The Morgan fingerprint density at radius 1 is 1.38 bits per heavy atom. The first-order valence-electron chi connectivity index (χ1n) is 4.78. The molecule has 0 saturated heterocycles. The summed E-state index contributed by atoms with van der Waals surface area (Å²) in [6.45, 7) is 2.02. The average molecular weight is 196 g/mol. The van der Waals surface area contributed by atoms with Gasteiger partial charge in [0.1, 0.15) is 0 Å². The zero-order valence-electron chi connectivity index (χ0n) is 7.81. The van der Waals surface area contributed by atoms with Gasteiger partial charge in [-0.05, 0) is 43.9 Å². The molecule has 70 valence electrons. The molecule has 0 radical (unpaired) electrons. The molecule has 0 atom stereocenters. The molecule has 0 unspecified atom stereocenters. The SMILES string of the molecule is Cc1ccc(NC2CCC2)cc1Cl. The van der Waals surface area contributed by atoms with E-state index in [1.165, 1.54) is 19.3 Å². The van der Waals surface area contributed by atoms with E-state index in [9.17, 15) is 0 Å². The standard InChI is InChI=1S/C11H14ClN/c1-8-5-6-10(7-11(8)12)13-9-3-2-4-9/h5-7,9,13H,2-4H2,1H3. The smallest absolute Gasteiger partial charge is 0.0455 e. The van der Waals surface area contributed by atoms with Crippen molar-refractivity contribution in [3.05, 3.63) is 28.8 Å². The summed E-state index contributed by atoms with van der Waals surface area (Å²) >= 11 is 6.02. The summed E-state index contributed by atoms with van der Waals surface area (Å²) in [7, 11) is 0. The maximum Gasteiger partial charge on any atom is 0.0455 e. The van der Waals surface area contributed by atoms with Crippen molar-refractivity contribution in [3.8, 4) is 0 Å². The van der Waals surface area contributed by atoms with Crippen molar-refractivity contribution in [1.29, 1.82) is 0 Å². The number of nitrogens with one attached hydrogen (secondary N) is 1. The molecule has 0 aliphatic heterocycles. The van der Waals surface area contributed by atoms with E-state index in [4.69, 9.17) is 11.6 Å². The Labute approximate surface area is 84.1 Å². The predicted octanol–water partition coefficient (Wildman–Crippen LogP) is 3.61. The highest BCUT2D eigenvalue weighted by atomic mass is 35.5. The molecule has 13 heavy (non-hydrogen) atoms. The highest BCUT2D eigenvalue weighted by Gasteiger charge is 2.16. The van der Waals surface area contributed by atoms with Gasteiger partial charge in [0.25, 0.3) is 0 Å². The van der Waals surface area contributed by atoms with E-state index < -0.39 is 0 Å². The predicted molar refractivity (Wildman–Crippen MR) is 57.5 cm³/mol. The molecule has 1 fully saturated rings. The Kier molecular flexibility index (Phi) is 2.45. The molecule has 0 heterocycles. The van der Waals surface area contributed by atoms with Gasteiger partial charge in [0.05, 0.1) is 0 Å². The number of hydrogen-bond donors (Lipinski definition) is 1. The minimum Gasteiger partial charge on any atom is -0.382 e. The van der Waals surface area contributed by atoms with E-state index in [1.54, 1.807) is 0 Å². The molecule has 1 nitrogen and oxygen atoms in total. The van der Waals surface area contributed by atoms with E-state index in [0.29, 0.717) is 6.04 Å². The van der Waals surface area contributed by atoms with Crippen LogP contribution in [-0.4, -0.2) is 6.04 Å². The molecule has 1 saturated carbocycles. The van der Waals surface area contributed by atoms with Crippen molar-refractivity contribution in [3.63, 3.8) is 0 Å². The first-order valence-corrected chi connectivity index (χ1v) is 5.16. The summed E-state index contributed by atoms with van der Waals surface area (Å²) in [4.78, 5) is 0. The van der Waals surface area contributed by atoms with E-state index in [2.05, 4.69) is 17.4 Å². The summed E-state index contributed by atoms with van der Waals surface area (Å²) < 4.78 is 0. The van der Waals surface area contributed by atoms with Crippen molar-refractivity contribution in [2.75, 3.05) is 5.32 Å². The van der Waals surface area contributed by atoms with Crippen LogP contribution in [0.4, 0.5) is 5.69 Å². The van der Waals surface area contributed by atoms with Crippen LogP contribution in [0, 0.1) is 6.92 Å². The second-order valence-corrected chi connectivity index (χ2v) is 4.14. The normalized spacial score (nSPS) is 16.8. The van der Waals surface area contributed by atoms with Crippen LogP contribution in [0.15, 0.2) is 18.2 Å². The quantitative estimate of drug-likeness (QED) is 0.760. The Morgan fingerprint density at radius 3 is 2.69 bits per heavy atom. The van der Waals surface area contributed by atoms with E-state index in [0.717, 1.165) is 16.3 Å². The van der Waals surface area contributed by atoms with E-state index in [1.807, 2.05) is 13.0 Å². The van der Waals surface area contributed by atoms with Crippen molar-refractivity contribution in [2.24, 2.45) is 0 Å². The number of benzene rings is 1. The fraction of sp³-hybridized carbons (Fsp3) is 0.455. The van der Waals surface area contributed by atoms with E-state index >= 15 is 0 Å². The first-order chi connectivity index (χ1) is 6.25. The molecule has 2 heteroatoms. The number of hydrogen-bond acceptors (Lipinski definition) is 1. The zero-order valence-corrected chi connectivity index (χ0v) is 8.56. The zero-order chi connectivity index (χ0) is 9.26. The molecule has 0 amide bonds. The van der Waals surface area contributed by atoms with Crippen LogP contribution in [0.2, 0.25) is 5.02 Å².